The number of nitrogens with zero attached hydrogens (tertiary/aromatic N) is 1. The normalized spacial score (nSPS) is 28.3. The predicted molar refractivity (Wildman–Crippen MR) is 105 cm³/mol. The maximum absolute atomic E-state index is 10.8. The first-order valence-electron chi connectivity index (χ1n) is 8.95. The van der Waals surface area contributed by atoms with Crippen molar-refractivity contribution in [3.63, 3.8) is 0 Å². The van der Waals surface area contributed by atoms with Crippen LogP contribution in [0.15, 0.2) is 35.5 Å². The minimum atomic E-state index is -4.82. The molecule has 0 saturated carbocycles. The number of oxime groups is 1. The minimum absolute atomic E-state index is 0.0972. The van der Waals surface area contributed by atoms with Crippen molar-refractivity contribution in [1.82, 2.24) is 0 Å². The van der Waals surface area contributed by atoms with Gasteiger partial charge in [0.2, 0.25) is 0 Å². The molecule has 1 aliphatic heterocycles. The van der Waals surface area contributed by atoms with Crippen molar-refractivity contribution in [3.8, 4) is 0 Å². The van der Waals surface area contributed by atoms with Crippen LogP contribution in [0.4, 0.5) is 0 Å². The minimum Gasteiger partial charge on any atom is -0.394 e. The first kappa shape index (κ1) is 24.0. The molecular weight excluding hydrogens is 426 g/mol. The molecule has 0 amide bonds. The number of hydrogen-bond donors (Lipinski definition) is 5. The molecule has 0 bridgehead atoms. The molecule has 12 heteroatoms. The fraction of sp³-hybridized carbons (Fsp3) is 0.588. The van der Waals surface area contributed by atoms with Crippen LogP contribution >= 0.6 is 11.8 Å². The molecule has 0 aliphatic carbocycles. The number of hydrogen-bond acceptors (Lipinski definition) is 10. The zero-order chi connectivity index (χ0) is 21.4. The van der Waals surface area contributed by atoms with E-state index >= 15 is 0 Å². The van der Waals surface area contributed by atoms with Gasteiger partial charge in [0, 0.05) is 0 Å². The first-order valence-corrected chi connectivity index (χ1v) is 11.2. The maximum atomic E-state index is 10.8. The van der Waals surface area contributed by atoms with Gasteiger partial charge >= 0.3 is 10.4 Å². The van der Waals surface area contributed by atoms with Crippen LogP contribution in [-0.4, -0.2) is 74.9 Å². The topological polar surface area (TPSA) is 166 Å². The highest BCUT2D eigenvalue weighted by atomic mass is 32.3. The van der Waals surface area contributed by atoms with Gasteiger partial charge in [-0.15, -0.1) is 0 Å². The fourth-order valence-electron chi connectivity index (χ4n) is 2.76. The molecule has 1 fully saturated rings. The molecule has 5 atom stereocenters. The van der Waals surface area contributed by atoms with Crippen molar-refractivity contribution in [1.29, 1.82) is 0 Å². The van der Waals surface area contributed by atoms with E-state index in [1.807, 2.05) is 30.3 Å². The van der Waals surface area contributed by atoms with E-state index in [4.69, 9.17) is 9.29 Å². The van der Waals surface area contributed by atoms with Crippen molar-refractivity contribution in [2.24, 2.45) is 5.16 Å². The molecule has 5 N–H and O–H groups in total. The number of thioether (sulfide) groups is 1. The first-order chi connectivity index (χ1) is 13.7. The van der Waals surface area contributed by atoms with Gasteiger partial charge in [-0.05, 0) is 31.2 Å². The second-order valence-electron chi connectivity index (χ2n) is 6.50. The lowest BCUT2D eigenvalue weighted by Crippen LogP contribution is -2.57. The maximum Gasteiger partial charge on any atom is 0.466 e. The van der Waals surface area contributed by atoms with Crippen LogP contribution in [-0.2, 0) is 25.8 Å². The van der Waals surface area contributed by atoms with Crippen molar-refractivity contribution in [3.05, 3.63) is 35.9 Å². The van der Waals surface area contributed by atoms with E-state index in [-0.39, 0.29) is 11.5 Å². The average molecular weight is 452 g/mol. The number of aliphatic hydroxyl groups is 4. The number of rotatable bonds is 9. The number of aryl methyl sites for hydroxylation is 1. The number of benzene rings is 1. The van der Waals surface area contributed by atoms with Gasteiger partial charge in [-0.25, -0.2) is 4.28 Å². The Morgan fingerprint density at radius 3 is 2.41 bits per heavy atom. The molecule has 10 nitrogen and oxygen atoms in total. The van der Waals surface area contributed by atoms with Crippen LogP contribution in [0.1, 0.15) is 24.8 Å². The Hall–Kier alpha value is -1.25. The molecule has 1 aromatic carbocycles. The molecule has 5 unspecified atom stereocenters. The molecule has 29 heavy (non-hydrogen) atoms. The highest BCUT2D eigenvalue weighted by Gasteiger charge is 2.44. The van der Waals surface area contributed by atoms with Crippen LogP contribution in [0.25, 0.3) is 0 Å². The predicted octanol–water partition coefficient (Wildman–Crippen LogP) is 0.0654. The van der Waals surface area contributed by atoms with Crippen LogP contribution < -0.4 is 0 Å². The summed E-state index contributed by atoms with van der Waals surface area (Å²) in [5.41, 5.74) is 0.00480. The van der Waals surface area contributed by atoms with Gasteiger partial charge in [-0.1, -0.05) is 47.2 Å². The van der Waals surface area contributed by atoms with E-state index in [1.165, 1.54) is 0 Å². The molecule has 0 aromatic heterocycles. The van der Waals surface area contributed by atoms with E-state index in [9.17, 15) is 28.8 Å². The summed E-state index contributed by atoms with van der Waals surface area (Å²) in [5.74, 6) is 0. The Bertz CT molecular complexity index is 757. The van der Waals surface area contributed by atoms with E-state index in [1.54, 1.807) is 0 Å². The highest BCUT2D eigenvalue weighted by Crippen LogP contribution is 2.30. The highest BCUT2D eigenvalue weighted by molar-refractivity contribution is 8.14. The second kappa shape index (κ2) is 11.2. The average Bonchev–Trinajstić information content (AvgIpc) is 2.69. The van der Waals surface area contributed by atoms with Crippen molar-refractivity contribution < 1.29 is 42.4 Å². The monoisotopic (exact) mass is 451 g/mol. The number of unbranched alkanes of at least 4 members (excludes halogenated alkanes) is 1. The molecule has 0 radical (unpaired) electrons. The van der Waals surface area contributed by atoms with Gasteiger partial charge in [0.25, 0.3) is 0 Å². The van der Waals surface area contributed by atoms with Gasteiger partial charge < -0.3 is 25.2 Å². The Morgan fingerprint density at radius 2 is 1.79 bits per heavy atom. The van der Waals surface area contributed by atoms with Crippen LogP contribution in [0.2, 0.25) is 0 Å². The lowest BCUT2D eigenvalue weighted by Gasteiger charge is -2.39. The summed E-state index contributed by atoms with van der Waals surface area (Å²) in [7, 11) is -4.82. The summed E-state index contributed by atoms with van der Waals surface area (Å²) in [6.07, 6.45) is -3.31. The van der Waals surface area contributed by atoms with E-state index in [0.29, 0.717) is 6.42 Å². The van der Waals surface area contributed by atoms with E-state index < -0.39 is 46.9 Å². The smallest absolute Gasteiger partial charge is 0.394 e. The Balaban J connectivity index is 1.99. The van der Waals surface area contributed by atoms with E-state index in [0.717, 1.165) is 30.2 Å². The van der Waals surface area contributed by atoms with Gasteiger partial charge in [0.1, 0.15) is 34.9 Å². The third-order valence-electron chi connectivity index (χ3n) is 4.28. The SMILES string of the molecule is O=S(=O)(O)ON=C(CCCCc1ccccc1)SC1OC(CO)C(O)C(O)C1O. The van der Waals surface area contributed by atoms with Crippen LogP contribution in [0.5, 0.6) is 0 Å². The number of aliphatic hydroxyl groups excluding tert-OH is 4. The largest absolute Gasteiger partial charge is 0.466 e. The van der Waals surface area contributed by atoms with Crippen molar-refractivity contribution in [2.45, 2.75) is 55.5 Å². The zero-order valence-electron chi connectivity index (χ0n) is 15.4. The van der Waals surface area contributed by atoms with Gasteiger partial charge in [0.05, 0.1) is 6.61 Å². The van der Waals surface area contributed by atoms with Crippen LogP contribution in [0.3, 0.4) is 0 Å². The summed E-state index contributed by atoms with van der Waals surface area (Å²) in [4.78, 5) is 0. The summed E-state index contributed by atoms with van der Waals surface area (Å²) < 4.78 is 39.9. The molecule has 1 aromatic rings. The molecule has 164 valence electrons. The standard InChI is InChI=1S/C17H25NO9S2/c19-10-12-14(20)15(21)16(22)17(26-12)28-13(18-27-29(23,24)25)9-5-4-8-11-6-2-1-3-7-11/h1-3,6-7,12,14-17,19-22H,4-5,8-10H2,(H,23,24,25). The third kappa shape index (κ3) is 7.83. The lowest BCUT2D eigenvalue weighted by atomic mass is 10.0. The summed E-state index contributed by atoms with van der Waals surface area (Å²) in [6.45, 7) is -0.590. The molecule has 2 rings (SSSR count). The Morgan fingerprint density at radius 1 is 1.10 bits per heavy atom. The van der Waals surface area contributed by atoms with Gasteiger partial charge in [-0.3, -0.25) is 4.55 Å². The molecular formula is C17H25NO9S2. The second-order valence-corrected chi connectivity index (χ2v) is 8.67. The van der Waals surface area contributed by atoms with Crippen LogP contribution in [0, 0.1) is 0 Å². The van der Waals surface area contributed by atoms with Gasteiger partial charge in [-0.2, -0.15) is 8.42 Å². The molecule has 1 heterocycles. The third-order valence-corrected chi connectivity index (χ3v) is 5.72. The Labute approximate surface area is 173 Å². The molecule has 1 saturated heterocycles. The Kier molecular flexibility index (Phi) is 9.30. The van der Waals surface area contributed by atoms with Crippen molar-refractivity contribution in [2.75, 3.05) is 6.61 Å². The zero-order valence-corrected chi connectivity index (χ0v) is 17.1. The quantitative estimate of drug-likeness (QED) is 0.114. The lowest BCUT2D eigenvalue weighted by molar-refractivity contribution is -0.205. The van der Waals surface area contributed by atoms with E-state index in [2.05, 4.69) is 9.44 Å². The summed E-state index contributed by atoms with van der Waals surface area (Å²) in [6, 6.07) is 9.74. The molecule has 0 spiro atoms. The molecule has 1 aliphatic rings. The van der Waals surface area contributed by atoms with Crippen molar-refractivity contribution >= 4 is 27.2 Å². The fourth-order valence-corrected chi connectivity index (χ4v) is 4.10. The summed E-state index contributed by atoms with van der Waals surface area (Å²) in [5, 5.41) is 42.6. The number of ether oxygens (including phenoxy) is 1. The summed E-state index contributed by atoms with van der Waals surface area (Å²) >= 11 is 0.781. The van der Waals surface area contributed by atoms with Gasteiger partial charge in [0.15, 0.2) is 0 Å².